The first-order valence-electron chi connectivity index (χ1n) is 11.5. The zero-order valence-corrected chi connectivity index (χ0v) is 22.7. The highest BCUT2D eigenvalue weighted by molar-refractivity contribution is 14.0. The third-order valence-electron chi connectivity index (χ3n) is 5.72. The number of piperazine rings is 1. The lowest BCUT2D eigenvalue weighted by Gasteiger charge is -2.37. The Morgan fingerprint density at radius 1 is 1.13 bits per heavy atom. The maximum Gasteiger partial charge on any atom is 0.205 e. The number of guanidine groups is 1. The number of nitrogens with one attached hydrogen (secondary N) is 1. The topological polar surface area (TPSA) is 69.1 Å². The van der Waals surface area contributed by atoms with Gasteiger partial charge in [0, 0.05) is 69.8 Å². The van der Waals surface area contributed by atoms with Crippen LogP contribution in [0.5, 0.6) is 0 Å². The van der Waals surface area contributed by atoms with Gasteiger partial charge in [0.15, 0.2) is 5.96 Å². The number of aliphatic imine (C=N–C) groups is 1. The molecule has 2 aliphatic rings. The second kappa shape index (κ2) is 13.7. The summed E-state index contributed by atoms with van der Waals surface area (Å²) >= 11 is 1.52. The van der Waals surface area contributed by atoms with E-state index in [9.17, 15) is 0 Å². The second-order valence-electron chi connectivity index (χ2n) is 8.45. The molecule has 31 heavy (non-hydrogen) atoms. The largest absolute Gasteiger partial charge is 0.379 e. The Balaban J connectivity index is 0.00000341. The number of ether oxygens (including phenoxy) is 1. The van der Waals surface area contributed by atoms with Crippen molar-refractivity contribution in [1.29, 1.82) is 0 Å². The van der Waals surface area contributed by atoms with Crippen LogP contribution in [0.2, 0.25) is 0 Å². The van der Waals surface area contributed by atoms with Gasteiger partial charge in [-0.3, -0.25) is 9.89 Å². The quantitative estimate of drug-likeness (QED) is 0.295. The molecule has 3 heterocycles. The average molecular weight is 566 g/mol. The molecule has 2 saturated heterocycles. The Hall–Kier alpha value is -0.720. The smallest absolute Gasteiger partial charge is 0.205 e. The zero-order chi connectivity index (χ0) is 21.3. The first-order valence-corrected chi connectivity index (χ1v) is 12.3. The van der Waals surface area contributed by atoms with Crippen LogP contribution >= 0.6 is 35.5 Å². The van der Waals surface area contributed by atoms with Crippen LogP contribution in [0.15, 0.2) is 4.99 Å². The van der Waals surface area contributed by atoms with Crippen LogP contribution in [0, 0.1) is 5.92 Å². The van der Waals surface area contributed by atoms with E-state index in [0.29, 0.717) is 12.0 Å². The molecular formula is C21H40IN7OS. The SMILES string of the molecule is CCNC(=NCC(CC(C)C)N1CCOCC1)N1CCN(c2nc(CC)ns2)CC1.I. The minimum Gasteiger partial charge on any atom is -0.379 e. The van der Waals surface area contributed by atoms with Crippen LogP contribution in [-0.4, -0.2) is 96.7 Å². The van der Waals surface area contributed by atoms with E-state index in [1.165, 1.54) is 18.0 Å². The van der Waals surface area contributed by atoms with E-state index >= 15 is 0 Å². The summed E-state index contributed by atoms with van der Waals surface area (Å²) < 4.78 is 9.99. The van der Waals surface area contributed by atoms with Gasteiger partial charge in [-0.25, -0.2) is 4.98 Å². The van der Waals surface area contributed by atoms with Crippen molar-refractivity contribution in [1.82, 2.24) is 24.5 Å². The van der Waals surface area contributed by atoms with Crippen LogP contribution in [0.1, 0.15) is 39.9 Å². The van der Waals surface area contributed by atoms with Crippen molar-refractivity contribution in [2.75, 3.05) is 70.5 Å². The summed E-state index contributed by atoms with van der Waals surface area (Å²) in [6.45, 7) is 18.1. The van der Waals surface area contributed by atoms with E-state index in [0.717, 1.165) is 88.9 Å². The second-order valence-corrected chi connectivity index (χ2v) is 9.18. The molecule has 0 amide bonds. The molecular weight excluding hydrogens is 525 g/mol. The number of anilines is 1. The Labute approximate surface area is 209 Å². The highest BCUT2D eigenvalue weighted by atomic mass is 127. The highest BCUT2D eigenvalue weighted by Gasteiger charge is 2.24. The van der Waals surface area contributed by atoms with Crippen LogP contribution in [0.3, 0.4) is 0 Å². The van der Waals surface area contributed by atoms with Crippen molar-refractivity contribution in [2.24, 2.45) is 10.9 Å². The lowest BCUT2D eigenvalue weighted by molar-refractivity contribution is 0.0142. The number of hydrogen-bond donors (Lipinski definition) is 1. The molecule has 1 atom stereocenters. The summed E-state index contributed by atoms with van der Waals surface area (Å²) in [5.41, 5.74) is 0. The molecule has 0 saturated carbocycles. The number of aromatic nitrogens is 2. The normalized spacial score (nSPS) is 19.5. The summed E-state index contributed by atoms with van der Waals surface area (Å²) in [7, 11) is 0. The van der Waals surface area contributed by atoms with Gasteiger partial charge in [-0.2, -0.15) is 4.37 Å². The van der Waals surface area contributed by atoms with Gasteiger partial charge in [-0.1, -0.05) is 20.8 Å². The molecule has 8 nitrogen and oxygen atoms in total. The molecule has 1 N–H and O–H groups in total. The van der Waals surface area contributed by atoms with Crippen molar-refractivity contribution in [3.05, 3.63) is 5.82 Å². The summed E-state index contributed by atoms with van der Waals surface area (Å²) in [4.78, 5) is 17.1. The van der Waals surface area contributed by atoms with E-state index in [1.807, 2.05) is 0 Å². The fraction of sp³-hybridized carbons (Fsp3) is 0.857. The third kappa shape index (κ3) is 7.97. The van der Waals surface area contributed by atoms with E-state index < -0.39 is 0 Å². The summed E-state index contributed by atoms with van der Waals surface area (Å²) in [6, 6.07) is 0.484. The number of morpholine rings is 1. The summed E-state index contributed by atoms with van der Waals surface area (Å²) in [5, 5.41) is 4.57. The Kier molecular flexibility index (Phi) is 11.8. The molecule has 0 spiro atoms. The van der Waals surface area contributed by atoms with Gasteiger partial charge in [-0.05, 0) is 19.3 Å². The molecule has 1 unspecified atom stereocenters. The molecule has 0 bridgehead atoms. The van der Waals surface area contributed by atoms with Crippen molar-refractivity contribution in [2.45, 2.75) is 46.6 Å². The molecule has 178 valence electrons. The van der Waals surface area contributed by atoms with E-state index in [2.05, 4.69) is 57.1 Å². The Morgan fingerprint density at radius 2 is 1.84 bits per heavy atom. The Morgan fingerprint density at radius 3 is 2.42 bits per heavy atom. The molecule has 2 aliphatic heterocycles. The number of aryl methyl sites for hydroxylation is 1. The van der Waals surface area contributed by atoms with Crippen molar-refractivity contribution >= 4 is 46.6 Å². The van der Waals surface area contributed by atoms with Crippen molar-refractivity contribution in [3.8, 4) is 0 Å². The number of nitrogens with zero attached hydrogens (tertiary/aromatic N) is 6. The maximum absolute atomic E-state index is 5.56. The van der Waals surface area contributed by atoms with E-state index in [4.69, 9.17) is 9.73 Å². The monoisotopic (exact) mass is 565 g/mol. The molecule has 0 aliphatic carbocycles. The van der Waals surface area contributed by atoms with Crippen LogP contribution in [0.25, 0.3) is 0 Å². The minimum absolute atomic E-state index is 0. The molecule has 2 fully saturated rings. The van der Waals surface area contributed by atoms with Gasteiger partial charge in [0.1, 0.15) is 5.82 Å². The average Bonchev–Trinajstić information content (AvgIpc) is 3.25. The maximum atomic E-state index is 5.56. The molecule has 1 aromatic rings. The molecule has 1 aromatic heterocycles. The van der Waals surface area contributed by atoms with Crippen molar-refractivity contribution in [3.63, 3.8) is 0 Å². The first kappa shape index (κ1) is 26.5. The van der Waals surface area contributed by atoms with Crippen LogP contribution in [-0.2, 0) is 11.2 Å². The van der Waals surface area contributed by atoms with E-state index in [1.54, 1.807) is 0 Å². The minimum atomic E-state index is 0. The number of rotatable bonds is 8. The number of halogens is 1. The molecule has 3 rings (SSSR count). The predicted molar refractivity (Wildman–Crippen MR) is 140 cm³/mol. The van der Waals surface area contributed by atoms with Crippen LogP contribution in [0.4, 0.5) is 5.13 Å². The Bertz CT molecular complexity index is 658. The van der Waals surface area contributed by atoms with Gasteiger partial charge in [0.2, 0.25) is 5.13 Å². The predicted octanol–water partition coefficient (Wildman–Crippen LogP) is 2.55. The van der Waals surface area contributed by atoms with Crippen molar-refractivity contribution < 1.29 is 4.74 Å². The van der Waals surface area contributed by atoms with Crippen LogP contribution < -0.4 is 10.2 Å². The fourth-order valence-corrected chi connectivity index (χ4v) is 4.87. The van der Waals surface area contributed by atoms with Gasteiger partial charge < -0.3 is 19.9 Å². The van der Waals surface area contributed by atoms with E-state index in [-0.39, 0.29) is 24.0 Å². The summed E-state index contributed by atoms with van der Waals surface area (Å²) in [6.07, 6.45) is 2.07. The first-order chi connectivity index (χ1) is 14.6. The van der Waals surface area contributed by atoms with Gasteiger partial charge in [0.25, 0.3) is 0 Å². The number of hydrogen-bond acceptors (Lipinski definition) is 7. The standard InChI is InChI=1S/C21H39N7OS.HI/c1-5-19-24-21(30-25-19)28-9-7-27(8-10-28)20(22-6-2)23-16-18(15-17(3)4)26-11-13-29-14-12-26;/h17-18H,5-16H2,1-4H3,(H,22,23);1H. The summed E-state index contributed by atoms with van der Waals surface area (Å²) in [5.74, 6) is 2.66. The molecule has 0 aromatic carbocycles. The lowest BCUT2D eigenvalue weighted by Crippen LogP contribution is -2.53. The fourth-order valence-electron chi connectivity index (χ4n) is 4.07. The molecule has 10 heteroatoms. The lowest BCUT2D eigenvalue weighted by atomic mass is 10.0. The highest BCUT2D eigenvalue weighted by Crippen LogP contribution is 2.19. The molecule has 0 radical (unpaired) electrons. The van der Waals surface area contributed by atoms with Gasteiger partial charge in [0.05, 0.1) is 19.8 Å². The zero-order valence-electron chi connectivity index (χ0n) is 19.5. The van der Waals surface area contributed by atoms with Gasteiger partial charge in [-0.15, -0.1) is 24.0 Å². The third-order valence-corrected chi connectivity index (χ3v) is 6.53. The van der Waals surface area contributed by atoms with Gasteiger partial charge >= 0.3 is 0 Å².